The van der Waals surface area contributed by atoms with E-state index in [1.54, 1.807) is 30.3 Å². The van der Waals surface area contributed by atoms with Gasteiger partial charge in [-0.2, -0.15) is 5.10 Å². The molecule has 0 unspecified atom stereocenters. The van der Waals surface area contributed by atoms with Crippen LogP contribution in [0.1, 0.15) is 0 Å². The van der Waals surface area contributed by atoms with Gasteiger partial charge in [-0.05, 0) is 46.3 Å². The van der Waals surface area contributed by atoms with Crippen molar-refractivity contribution in [1.82, 2.24) is 9.78 Å². The molecule has 3 nitrogen and oxygen atoms in total. The second kappa shape index (κ2) is 5.29. The van der Waals surface area contributed by atoms with Gasteiger partial charge in [0.1, 0.15) is 23.0 Å². The van der Waals surface area contributed by atoms with Gasteiger partial charge in [-0.3, -0.25) is 0 Å². The first-order valence-corrected chi connectivity index (χ1v) is 6.91. The van der Waals surface area contributed by atoms with Gasteiger partial charge in [-0.25, -0.2) is 13.5 Å². The molecule has 0 saturated heterocycles. The first-order valence-electron chi connectivity index (χ1n) is 6.12. The number of nitrogen functional groups attached to an aromatic ring is 1. The second-order valence-electron chi connectivity index (χ2n) is 4.46. The summed E-state index contributed by atoms with van der Waals surface area (Å²) in [7, 11) is 0. The smallest absolute Gasteiger partial charge is 0.148 e. The van der Waals surface area contributed by atoms with E-state index in [0.717, 1.165) is 0 Å². The Labute approximate surface area is 128 Å². The van der Waals surface area contributed by atoms with Crippen molar-refractivity contribution in [2.75, 3.05) is 5.73 Å². The topological polar surface area (TPSA) is 43.8 Å². The van der Waals surface area contributed by atoms with Crippen molar-refractivity contribution in [1.29, 1.82) is 0 Å². The fourth-order valence-corrected chi connectivity index (χ4v) is 2.39. The lowest BCUT2D eigenvalue weighted by molar-refractivity contribution is 0.611. The third kappa shape index (κ3) is 2.54. The third-order valence-corrected chi connectivity index (χ3v) is 3.64. The number of nitrogens with zero attached hydrogens (tertiary/aromatic N) is 2. The van der Waals surface area contributed by atoms with Crippen molar-refractivity contribution >= 4 is 21.6 Å². The summed E-state index contributed by atoms with van der Waals surface area (Å²) >= 11 is 3.12. The van der Waals surface area contributed by atoms with Gasteiger partial charge in [0, 0.05) is 5.56 Å². The molecule has 2 aromatic carbocycles. The maximum Gasteiger partial charge on any atom is 0.148 e. The summed E-state index contributed by atoms with van der Waals surface area (Å²) in [6.07, 6.45) is 1.53. The normalized spacial score (nSPS) is 10.8. The SMILES string of the molecule is Nc1cn(-c2ccccc2F)nc1-c1ccc(F)c(Br)c1. The Bertz CT molecular complexity index is 814. The fraction of sp³-hybridized carbons (Fsp3) is 0. The number of hydrogen-bond acceptors (Lipinski definition) is 2. The van der Waals surface area contributed by atoms with E-state index in [-0.39, 0.29) is 5.82 Å². The Morgan fingerprint density at radius 2 is 1.81 bits per heavy atom. The summed E-state index contributed by atoms with van der Waals surface area (Å²) in [5.74, 6) is -0.766. The number of nitrogens with two attached hydrogens (primary N) is 1. The Kier molecular flexibility index (Phi) is 3.47. The van der Waals surface area contributed by atoms with Crippen LogP contribution in [-0.4, -0.2) is 9.78 Å². The quantitative estimate of drug-likeness (QED) is 0.754. The van der Waals surface area contributed by atoms with Crippen LogP contribution in [0.4, 0.5) is 14.5 Å². The molecule has 0 fully saturated rings. The Hall–Kier alpha value is -2.21. The lowest BCUT2D eigenvalue weighted by Gasteiger charge is -2.02. The molecule has 1 heterocycles. The molecule has 21 heavy (non-hydrogen) atoms. The van der Waals surface area contributed by atoms with E-state index < -0.39 is 5.82 Å². The summed E-state index contributed by atoms with van der Waals surface area (Å²) in [6, 6.07) is 10.7. The van der Waals surface area contributed by atoms with Crippen molar-refractivity contribution in [2.24, 2.45) is 0 Å². The predicted octanol–water partition coefficient (Wildman–Crippen LogP) is 4.16. The summed E-state index contributed by atoms with van der Waals surface area (Å²) in [5, 5.41) is 4.29. The molecule has 0 amide bonds. The number of para-hydroxylation sites is 1. The van der Waals surface area contributed by atoms with E-state index in [2.05, 4.69) is 21.0 Å². The highest BCUT2D eigenvalue weighted by Crippen LogP contribution is 2.29. The average Bonchev–Trinajstić information content (AvgIpc) is 2.84. The van der Waals surface area contributed by atoms with Gasteiger partial charge in [-0.15, -0.1) is 0 Å². The van der Waals surface area contributed by atoms with E-state index in [1.807, 2.05) is 0 Å². The molecule has 106 valence electrons. The molecule has 0 aliphatic rings. The third-order valence-electron chi connectivity index (χ3n) is 3.03. The maximum absolute atomic E-state index is 13.8. The molecular weight excluding hydrogens is 340 g/mol. The lowest BCUT2D eigenvalue weighted by Crippen LogP contribution is -1.98. The molecule has 2 N–H and O–H groups in total. The largest absolute Gasteiger partial charge is 0.396 e. The highest BCUT2D eigenvalue weighted by molar-refractivity contribution is 9.10. The molecule has 0 aliphatic carbocycles. The monoisotopic (exact) mass is 349 g/mol. The van der Waals surface area contributed by atoms with Crippen LogP contribution in [0.5, 0.6) is 0 Å². The van der Waals surface area contributed by atoms with E-state index >= 15 is 0 Å². The van der Waals surface area contributed by atoms with Gasteiger partial charge >= 0.3 is 0 Å². The highest BCUT2D eigenvalue weighted by atomic mass is 79.9. The second-order valence-corrected chi connectivity index (χ2v) is 5.31. The number of hydrogen-bond donors (Lipinski definition) is 1. The van der Waals surface area contributed by atoms with Crippen molar-refractivity contribution in [3.05, 3.63) is 64.8 Å². The molecular formula is C15H10BrF2N3. The van der Waals surface area contributed by atoms with Gasteiger partial charge < -0.3 is 5.73 Å². The molecule has 3 aromatic rings. The Morgan fingerprint density at radius 3 is 2.52 bits per heavy atom. The summed E-state index contributed by atoms with van der Waals surface area (Å²) < 4.78 is 28.8. The van der Waals surface area contributed by atoms with E-state index in [1.165, 1.54) is 23.0 Å². The van der Waals surface area contributed by atoms with Gasteiger partial charge in [0.05, 0.1) is 16.4 Å². The van der Waals surface area contributed by atoms with Crippen LogP contribution < -0.4 is 5.73 Å². The van der Waals surface area contributed by atoms with Crippen LogP contribution >= 0.6 is 15.9 Å². The van der Waals surface area contributed by atoms with Crippen molar-refractivity contribution < 1.29 is 8.78 Å². The molecule has 1 aromatic heterocycles. The minimum atomic E-state index is -0.396. The van der Waals surface area contributed by atoms with Crippen molar-refractivity contribution in [2.45, 2.75) is 0 Å². The van der Waals surface area contributed by atoms with Gasteiger partial charge in [-0.1, -0.05) is 12.1 Å². The minimum absolute atomic E-state index is 0.302. The first-order chi connectivity index (χ1) is 10.1. The van der Waals surface area contributed by atoms with Crippen LogP contribution in [0.3, 0.4) is 0 Å². The molecule has 6 heteroatoms. The zero-order valence-electron chi connectivity index (χ0n) is 10.7. The van der Waals surface area contributed by atoms with Crippen molar-refractivity contribution in [3.63, 3.8) is 0 Å². The van der Waals surface area contributed by atoms with E-state index in [0.29, 0.717) is 27.1 Å². The standard InChI is InChI=1S/C15H10BrF2N3/c16-10-7-9(5-6-11(10)17)15-13(19)8-21(20-15)14-4-2-1-3-12(14)18/h1-8H,19H2. The lowest BCUT2D eigenvalue weighted by atomic mass is 10.1. The number of anilines is 1. The summed E-state index contributed by atoms with van der Waals surface area (Å²) in [6.45, 7) is 0. The maximum atomic E-state index is 13.8. The Morgan fingerprint density at radius 1 is 1.05 bits per heavy atom. The van der Waals surface area contributed by atoms with E-state index in [4.69, 9.17) is 5.73 Å². The van der Waals surface area contributed by atoms with Crippen molar-refractivity contribution in [3.8, 4) is 16.9 Å². The zero-order valence-corrected chi connectivity index (χ0v) is 12.3. The average molecular weight is 350 g/mol. The van der Waals surface area contributed by atoms with Gasteiger partial charge in [0.2, 0.25) is 0 Å². The zero-order chi connectivity index (χ0) is 15.0. The molecule has 0 aliphatic heterocycles. The van der Waals surface area contributed by atoms with Crippen LogP contribution in [0, 0.1) is 11.6 Å². The molecule has 3 rings (SSSR count). The molecule has 0 radical (unpaired) electrons. The van der Waals surface area contributed by atoms with Crippen LogP contribution in [0.2, 0.25) is 0 Å². The van der Waals surface area contributed by atoms with Gasteiger partial charge in [0.25, 0.3) is 0 Å². The molecule has 0 saturated carbocycles. The fourth-order valence-electron chi connectivity index (χ4n) is 2.02. The first kappa shape index (κ1) is 13.8. The Balaban J connectivity index is 2.10. The number of aromatic nitrogens is 2. The van der Waals surface area contributed by atoms with E-state index in [9.17, 15) is 8.78 Å². The number of benzene rings is 2. The minimum Gasteiger partial charge on any atom is -0.396 e. The van der Waals surface area contributed by atoms with Gasteiger partial charge in [0.15, 0.2) is 0 Å². The van der Waals surface area contributed by atoms with Crippen LogP contribution in [0.15, 0.2) is 53.1 Å². The number of halogens is 3. The van der Waals surface area contributed by atoms with Crippen LogP contribution in [-0.2, 0) is 0 Å². The highest BCUT2D eigenvalue weighted by Gasteiger charge is 2.13. The molecule has 0 atom stereocenters. The summed E-state index contributed by atoms with van der Waals surface area (Å²) in [5.41, 5.74) is 7.74. The number of rotatable bonds is 2. The molecule has 0 bridgehead atoms. The predicted molar refractivity (Wildman–Crippen MR) is 81.0 cm³/mol. The van der Waals surface area contributed by atoms with Crippen LogP contribution in [0.25, 0.3) is 16.9 Å². The summed E-state index contributed by atoms with van der Waals surface area (Å²) in [4.78, 5) is 0. The molecule has 0 spiro atoms.